The molecule has 35 heavy (non-hydrogen) atoms. The Morgan fingerprint density at radius 2 is 1.80 bits per heavy atom. The van der Waals surface area contributed by atoms with E-state index >= 15 is 0 Å². The third-order valence-corrected chi connectivity index (χ3v) is 8.55. The largest absolute Gasteiger partial charge is 0.495 e. The number of benzene rings is 2. The molecule has 182 valence electrons. The molecular weight excluding hydrogens is 514 g/mol. The Morgan fingerprint density at radius 3 is 2.57 bits per heavy atom. The fourth-order valence-electron chi connectivity index (χ4n) is 3.19. The monoisotopic (exact) mass is 533 g/mol. The highest BCUT2D eigenvalue weighted by molar-refractivity contribution is 8.01. The number of ether oxygens (including phenoxy) is 1. The molecular formula is C21H19N5O6S3. The molecule has 0 bridgehead atoms. The minimum Gasteiger partial charge on any atom is -0.495 e. The number of fused-ring (bicyclic) bond motifs is 1. The van der Waals surface area contributed by atoms with Gasteiger partial charge in [-0.05, 0) is 24.3 Å². The lowest BCUT2D eigenvalue weighted by atomic mass is 10.2. The number of thioether (sulfide) groups is 1. The number of hydrogen-bond donors (Lipinski definition) is 2. The number of anilines is 2. The van der Waals surface area contributed by atoms with E-state index in [9.17, 15) is 22.8 Å². The predicted octanol–water partition coefficient (Wildman–Crippen LogP) is 2.45. The zero-order valence-electron chi connectivity index (χ0n) is 18.3. The van der Waals surface area contributed by atoms with Crippen molar-refractivity contribution < 1.29 is 27.5 Å². The van der Waals surface area contributed by atoms with Crippen LogP contribution < -0.4 is 15.4 Å². The van der Waals surface area contributed by atoms with Gasteiger partial charge in [0.05, 0.1) is 18.4 Å². The summed E-state index contributed by atoms with van der Waals surface area (Å²) >= 11 is 2.36. The highest BCUT2D eigenvalue weighted by Crippen LogP contribution is 2.30. The van der Waals surface area contributed by atoms with E-state index in [2.05, 4.69) is 20.8 Å². The van der Waals surface area contributed by atoms with Gasteiger partial charge >= 0.3 is 0 Å². The number of rotatable bonds is 9. The number of carbonyl (C=O) groups is 3. The van der Waals surface area contributed by atoms with Gasteiger partial charge in [0.2, 0.25) is 16.9 Å². The lowest BCUT2D eigenvalue weighted by Gasteiger charge is -2.13. The second kappa shape index (κ2) is 10.4. The third kappa shape index (κ3) is 5.44. The molecule has 11 nitrogen and oxygen atoms in total. The van der Waals surface area contributed by atoms with Gasteiger partial charge in [0.15, 0.2) is 4.34 Å². The first-order chi connectivity index (χ1) is 16.8. The second-order valence-corrected chi connectivity index (χ2v) is 11.2. The lowest BCUT2D eigenvalue weighted by molar-refractivity contribution is -0.116. The quantitative estimate of drug-likeness (QED) is 0.313. The van der Waals surface area contributed by atoms with Crippen molar-refractivity contribution in [3.05, 3.63) is 54.1 Å². The number of amides is 3. The zero-order valence-corrected chi connectivity index (χ0v) is 20.7. The minimum absolute atomic E-state index is 0.0321. The van der Waals surface area contributed by atoms with Gasteiger partial charge in [-0.25, -0.2) is 12.7 Å². The minimum atomic E-state index is -4.08. The summed E-state index contributed by atoms with van der Waals surface area (Å²) in [5, 5.41) is 13.2. The van der Waals surface area contributed by atoms with Gasteiger partial charge in [-0.2, -0.15) is 0 Å². The van der Waals surface area contributed by atoms with Gasteiger partial charge in [0, 0.05) is 12.2 Å². The van der Waals surface area contributed by atoms with Gasteiger partial charge in [-0.15, -0.1) is 10.2 Å². The number of aromatic nitrogens is 2. The normalized spacial score (nSPS) is 13.9. The van der Waals surface area contributed by atoms with Gasteiger partial charge in [0.25, 0.3) is 15.9 Å². The molecule has 0 radical (unpaired) electrons. The molecule has 2 N–H and O–H groups in total. The van der Waals surface area contributed by atoms with Crippen LogP contribution in [0.1, 0.15) is 16.8 Å². The van der Waals surface area contributed by atoms with Gasteiger partial charge < -0.3 is 10.1 Å². The molecule has 0 spiro atoms. The van der Waals surface area contributed by atoms with Crippen molar-refractivity contribution in [3.8, 4) is 5.75 Å². The maximum absolute atomic E-state index is 12.6. The summed E-state index contributed by atoms with van der Waals surface area (Å²) in [5.74, 6) is -0.695. The van der Waals surface area contributed by atoms with Crippen LogP contribution in [0.2, 0.25) is 0 Å². The van der Waals surface area contributed by atoms with Crippen molar-refractivity contribution in [3.63, 3.8) is 0 Å². The molecule has 0 fully saturated rings. The molecule has 0 atom stereocenters. The van der Waals surface area contributed by atoms with E-state index in [1.807, 2.05) is 0 Å². The molecule has 3 aromatic rings. The molecule has 0 unspecified atom stereocenters. The molecule has 0 saturated carbocycles. The molecule has 2 aromatic carbocycles. The Kier molecular flexibility index (Phi) is 7.33. The average molecular weight is 534 g/mol. The van der Waals surface area contributed by atoms with E-state index in [4.69, 9.17) is 4.74 Å². The van der Waals surface area contributed by atoms with E-state index in [-0.39, 0.29) is 27.9 Å². The maximum Gasteiger partial charge on any atom is 0.269 e. The summed E-state index contributed by atoms with van der Waals surface area (Å²) in [6.07, 6.45) is 0.208. The molecule has 1 aliphatic rings. The second-order valence-electron chi connectivity index (χ2n) is 7.08. The predicted molar refractivity (Wildman–Crippen MR) is 130 cm³/mol. The Hall–Kier alpha value is -3.49. The molecule has 14 heteroatoms. The fraction of sp³-hybridized carbons (Fsp3) is 0.190. The number of hydrogen-bond acceptors (Lipinski definition) is 10. The van der Waals surface area contributed by atoms with E-state index in [0.29, 0.717) is 25.8 Å². The Morgan fingerprint density at radius 1 is 1.06 bits per heavy atom. The number of sulfonamides is 1. The highest BCUT2D eigenvalue weighted by Gasteiger charge is 2.41. The van der Waals surface area contributed by atoms with Crippen LogP contribution in [-0.4, -0.2) is 60.0 Å². The summed E-state index contributed by atoms with van der Waals surface area (Å²) in [6, 6.07) is 12.9. The number of methoxy groups -OCH3 is 1. The van der Waals surface area contributed by atoms with Crippen LogP contribution in [0, 0.1) is 0 Å². The van der Waals surface area contributed by atoms with Crippen LogP contribution in [0.25, 0.3) is 0 Å². The summed E-state index contributed by atoms with van der Waals surface area (Å²) in [4.78, 5) is 36.9. The summed E-state index contributed by atoms with van der Waals surface area (Å²) < 4.78 is 31.4. The first-order valence-corrected chi connectivity index (χ1v) is 13.4. The van der Waals surface area contributed by atoms with E-state index in [0.717, 1.165) is 11.3 Å². The number of para-hydroxylation sites is 2. The Balaban J connectivity index is 1.27. The van der Waals surface area contributed by atoms with Crippen LogP contribution in [0.4, 0.5) is 10.8 Å². The van der Waals surface area contributed by atoms with Crippen molar-refractivity contribution in [1.82, 2.24) is 14.5 Å². The van der Waals surface area contributed by atoms with E-state index in [1.54, 1.807) is 30.3 Å². The smallest absolute Gasteiger partial charge is 0.269 e. The lowest BCUT2D eigenvalue weighted by Crippen LogP contribution is -2.37. The summed E-state index contributed by atoms with van der Waals surface area (Å²) in [7, 11) is -2.56. The van der Waals surface area contributed by atoms with Gasteiger partial charge in [-0.1, -0.05) is 47.4 Å². The molecule has 0 saturated heterocycles. The standard InChI is InChI=1S/C21H19N5O6S3/c1-32-15-8-4-3-7-14(15)22-17(27)10-11-33-21-25-24-20(34-21)23-18(28)12-26-19(29)13-6-2-5-9-16(13)35(26,30)31/h2-9H,10-12H2,1H3,(H,22,27)(H,23,24,28). The van der Waals surface area contributed by atoms with Crippen molar-refractivity contribution in [2.24, 2.45) is 0 Å². The molecule has 1 aliphatic heterocycles. The van der Waals surface area contributed by atoms with Crippen LogP contribution >= 0.6 is 23.1 Å². The van der Waals surface area contributed by atoms with E-state index in [1.165, 1.54) is 37.1 Å². The Bertz CT molecular complexity index is 1390. The topological polar surface area (TPSA) is 148 Å². The SMILES string of the molecule is COc1ccccc1NC(=O)CCSc1nnc(NC(=O)CN2C(=O)c3ccccc3S2(=O)=O)s1. The van der Waals surface area contributed by atoms with Crippen molar-refractivity contribution >= 4 is 61.7 Å². The first-order valence-electron chi connectivity index (χ1n) is 10.1. The summed E-state index contributed by atoms with van der Waals surface area (Å²) in [5.41, 5.74) is 0.608. The number of carbonyl (C=O) groups excluding carboxylic acids is 3. The van der Waals surface area contributed by atoms with Crippen molar-refractivity contribution in [2.45, 2.75) is 15.7 Å². The summed E-state index contributed by atoms with van der Waals surface area (Å²) in [6.45, 7) is -0.680. The molecule has 1 aromatic heterocycles. The average Bonchev–Trinajstić information content (AvgIpc) is 3.35. The van der Waals surface area contributed by atoms with Crippen LogP contribution in [0.15, 0.2) is 57.8 Å². The van der Waals surface area contributed by atoms with Crippen LogP contribution in [0.3, 0.4) is 0 Å². The van der Waals surface area contributed by atoms with Crippen LogP contribution in [-0.2, 0) is 19.6 Å². The highest BCUT2D eigenvalue weighted by atomic mass is 32.2. The van der Waals surface area contributed by atoms with Gasteiger partial charge in [-0.3, -0.25) is 19.7 Å². The zero-order chi connectivity index (χ0) is 25.0. The van der Waals surface area contributed by atoms with E-state index < -0.39 is 28.4 Å². The molecule has 3 amide bonds. The van der Waals surface area contributed by atoms with Crippen molar-refractivity contribution in [2.75, 3.05) is 30.0 Å². The van der Waals surface area contributed by atoms with Gasteiger partial charge in [0.1, 0.15) is 17.2 Å². The number of nitrogens with zero attached hydrogens (tertiary/aromatic N) is 3. The first kappa shape index (κ1) is 24.6. The molecule has 4 rings (SSSR count). The third-order valence-electron chi connectivity index (χ3n) is 4.79. The molecule has 0 aliphatic carbocycles. The maximum atomic E-state index is 12.6. The van der Waals surface area contributed by atoms with Crippen molar-refractivity contribution in [1.29, 1.82) is 0 Å². The van der Waals surface area contributed by atoms with Crippen LogP contribution in [0.5, 0.6) is 5.75 Å². The molecule has 2 heterocycles. The fourth-order valence-corrected chi connectivity index (χ4v) is 6.49. The Labute approximate surface area is 208 Å². The number of nitrogens with one attached hydrogen (secondary N) is 2.